The van der Waals surface area contributed by atoms with E-state index in [0.717, 1.165) is 38.5 Å². The molecule has 6 heteroatoms. The van der Waals surface area contributed by atoms with Gasteiger partial charge in [0, 0.05) is 27.9 Å². The molecular weight excluding hydrogens is 316 g/mol. The lowest BCUT2D eigenvalue weighted by molar-refractivity contribution is 0.0950. The number of aromatic amines is 2. The second-order valence-corrected chi connectivity index (χ2v) is 5.91. The molecule has 0 saturated carbocycles. The van der Waals surface area contributed by atoms with Gasteiger partial charge in [-0.2, -0.15) is 0 Å². The minimum Gasteiger partial charge on any atom is -0.467 e. The van der Waals surface area contributed by atoms with Crippen molar-refractivity contribution in [3.05, 3.63) is 66.2 Å². The number of rotatable bonds is 3. The number of hydrogen-bond acceptors (Lipinski definition) is 3. The molecule has 0 unspecified atom stereocenters. The van der Waals surface area contributed by atoms with Gasteiger partial charge in [0.15, 0.2) is 0 Å². The van der Waals surface area contributed by atoms with Crippen LogP contribution in [0.5, 0.6) is 0 Å². The summed E-state index contributed by atoms with van der Waals surface area (Å²) in [5, 5.41) is 11.9. The summed E-state index contributed by atoms with van der Waals surface area (Å²) in [5.74, 6) is 0.573. The van der Waals surface area contributed by atoms with Gasteiger partial charge in [-0.25, -0.2) is 4.98 Å². The number of nitrogens with one attached hydrogen (secondary N) is 3. The van der Waals surface area contributed by atoms with Gasteiger partial charge in [0.1, 0.15) is 5.76 Å². The number of hydrogen-bond donors (Lipinski definition) is 3. The standard InChI is InChI=1S/C19H14N4O2/c24-19(20-10-12-3-2-8-25-12)14-4-1-5-15-16(14)13-7-6-11-9-21-23-17(11)18(13)22-15/h1-9,21,23H,10H2,(H,20,24). The molecule has 0 aliphatic heterocycles. The van der Waals surface area contributed by atoms with Gasteiger partial charge in [-0.1, -0.05) is 18.2 Å². The van der Waals surface area contributed by atoms with Crippen LogP contribution in [0.3, 0.4) is 0 Å². The number of carbonyl (C=O) groups excluding carboxylic acids is 1. The number of furan rings is 1. The van der Waals surface area contributed by atoms with E-state index in [1.807, 2.05) is 42.6 Å². The van der Waals surface area contributed by atoms with E-state index in [9.17, 15) is 4.79 Å². The van der Waals surface area contributed by atoms with Crippen LogP contribution in [0, 0.1) is 0 Å². The maximum atomic E-state index is 12.7. The maximum Gasteiger partial charge on any atom is 0.252 e. The Labute approximate surface area is 141 Å². The average molecular weight is 330 g/mol. The van der Waals surface area contributed by atoms with Gasteiger partial charge in [-0.05, 0) is 24.3 Å². The van der Waals surface area contributed by atoms with Crippen molar-refractivity contribution >= 4 is 38.6 Å². The second kappa shape index (κ2) is 5.24. The fraction of sp³-hybridized carbons (Fsp3) is 0.0526. The minimum absolute atomic E-state index is 0.144. The summed E-state index contributed by atoms with van der Waals surface area (Å²) in [6, 6.07) is 13.3. The highest BCUT2D eigenvalue weighted by Gasteiger charge is 2.17. The molecule has 3 aromatic heterocycles. The highest BCUT2D eigenvalue weighted by molar-refractivity contribution is 6.21. The van der Waals surface area contributed by atoms with Gasteiger partial charge in [0.2, 0.25) is 0 Å². The zero-order valence-electron chi connectivity index (χ0n) is 13.2. The highest BCUT2D eigenvalue weighted by atomic mass is 16.3. The number of carbonyl (C=O) groups is 1. The molecule has 6 nitrogen and oxygen atoms in total. The van der Waals surface area contributed by atoms with Crippen LogP contribution in [-0.4, -0.2) is 21.1 Å². The molecule has 3 N–H and O–H groups in total. The summed E-state index contributed by atoms with van der Waals surface area (Å²) < 4.78 is 5.27. The van der Waals surface area contributed by atoms with E-state index < -0.39 is 0 Å². The summed E-state index contributed by atoms with van der Waals surface area (Å²) in [7, 11) is 0. The number of amides is 1. The summed E-state index contributed by atoms with van der Waals surface area (Å²) in [4.78, 5) is 17.4. The average Bonchev–Trinajstić information content (AvgIpc) is 3.36. The largest absolute Gasteiger partial charge is 0.467 e. The van der Waals surface area contributed by atoms with E-state index in [2.05, 4.69) is 15.5 Å². The zero-order valence-corrected chi connectivity index (χ0v) is 13.2. The van der Waals surface area contributed by atoms with Crippen molar-refractivity contribution in [1.29, 1.82) is 0 Å². The van der Waals surface area contributed by atoms with E-state index in [1.54, 1.807) is 12.3 Å². The van der Waals surface area contributed by atoms with E-state index >= 15 is 0 Å². The first kappa shape index (κ1) is 13.9. The van der Waals surface area contributed by atoms with Crippen LogP contribution in [0.1, 0.15) is 16.1 Å². The van der Waals surface area contributed by atoms with E-state index in [0.29, 0.717) is 12.1 Å². The van der Waals surface area contributed by atoms with Crippen molar-refractivity contribution in [3.8, 4) is 0 Å². The Kier molecular flexibility index (Phi) is 2.90. The molecule has 0 saturated heterocycles. The van der Waals surface area contributed by atoms with Gasteiger partial charge in [0.05, 0.1) is 29.4 Å². The van der Waals surface area contributed by atoms with Crippen molar-refractivity contribution < 1.29 is 9.21 Å². The minimum atomic E-state index is -0.144. The third-order valence-corrected chi connectivity index (χ3v) is 4.43. The smallest absolute Gasteiger partial charge is 0.252 e. The van der Waals surface area contributed by atoms with Crippen LogP contribution in [0.4, 0.5) is 0 Å². The third-order valence-electron chi connectivity index (χ3n) is 4.43. The topological polar surface area (TPSA) is 86.7 Å². The quantitative estimate of drug-likeness (QED) is 0.471. The number of nitrogens with zero attached hydrogens (tertiary/aromatic N) is 1. The maximum absolute atomic E-state index is 12.7. The first-order valence-corrected chi connectivity index (χ1v) is 7.99. The normalized spacial score (nSPS) is 11.5. The molecule has 25 heavy (non-hydrogen) atoms. The summed E-state index contributed by atoms with van der Waals surface area (Å²) in [6.07, 6.45) is 3.49. The van der Waals surface area contributed by atoms with Crippen molar-refractivity contribution in [2.24, 2.45) is 0 Å². The fourth-order valence-electron chi connectivity index (χ4n) is 3.26. The molecule has 0 fully saturated rings. The lowest BCUT2D eigenvalue weighted by Gasteiger charge is -2.05. The fourth-order valence-corrected chi connectivity index (χ4v) is 3.26. The summed E-state index contributed by atoms with van der Waals surface area (Å²) in [5.41, 5.74) is 3.22. The monoisotopic (exact) mass is 330 g/mol. The van der Waals surface area contributed by atoms with E-state index in [4.69, 9.17) is 9.40 Å². The second-order valence-electron chi connectivity index (χ2n) is 5.91. The molecule has 3 heterocycles. The molecular formula is C19H14N4O2. The van der Waals surface area contributed by atoms with Crippen LogP contribution >= 0.6 is 0 Å². The van der Waals surface area contributed by atoms with Crippen LogP contribution in [0.2, 0.25) is 0 Å². The molecule has 0 aliphatic rings. The van der Waals surface area contributed by atoms with Crippen molar-refractivity contribution in [1.82, 2.24) is 20.5 Å². The Balaban J connectivity index is 1.64. The highest BCUT2D eigenvalue weighted by Crippen LogP contribution is 2.32. The first-order chi connectivity index (χ1) is 12.3. The lowest BCUT2D eigenvalue weighted by Crippen LogP contribution is -2.22. The number of H-pyrrole nitrogens is 2. The van der Waals surface area contributed by atoms with Crippen LogP contribution in [0.15, 0.2) is 59.3 Å². The predicted molar refractivity (Wildman–Crippen MR) is 95.3 cm³/mol. The van der Waals surface area contributed by atoms with Crippen molar-refractivity contribution in [3.63, 3.8) is 0 Å². The molecule has 0 bridgehead atoms. The van der Waals surface area contributed by atoms with Gasteiger partial charge in [-0.3, -0.25) is 9.89 Å². The number of fused-ring (bicyclic) bond motifs is 5. The molecule has 2 aromatic carbocycles. The van der Waals surface area contributed by atoms with Crippen molar-refractivity contribution in [2.75, 3.05) is 0 Å². The molecule has 0 spiro atoms. The SMILES string of the molecule is O=C(NCc1ccco1)c1cccc2nc3c(ccc4c[nH][nH]c43)c12. The molecule has 0 aliphatic carbocycles. The van der Waals surface area contributed by atoms with Gasteiger partial charge in [0.25, 0.3) is 5.91 Å². The van der Waals surface area contributed by atoms with Gasteiger partial charge in [-0.15, -0.1) is 0 Å². The van der Waals surface area contributed by atoms with E-state index in [-0.39, 0.29) is 5.91 Å². The Bertz CT molecular complexity index is 1210. The Morgan fingerprint density at radius 3 is 3.00 bits per heavy atom. The lowest BCUT2D eigenvalue weighted by atomic mass is 10.0. The van der Waals surface area contributed by atoms with Crippen LogP contribution in [0.25, 0.3) is 32.7 Å². The van der Waals surface area contributed by atoms with Crippen LogP contribution < -0.4 is 5.32 Å². The zero-order chi connectivity index (χ0) is 16.8. The molecule has 0 atom stereocenters. The molecule has 122 valence electrons. The predicted octanol–water partition coefficient (Wildman–Crippen LogP) is 3.72. The van der Waals surface area contributed by atoms with E-state index in [1.165, 1.54) is 0 Å². The number of aromatic nitrogens is 3. The molecule has 5 rings (SSSR count). The summed E-state index contributed by atoms with van der Waals surface area (Å²) in [6.45, 7) is 0.351. The Morgan fingerprint density at radius 2 is 2.12 bits per heavy atom. The Morgan fingerprint density at radius 1 is 1.16 bits per heavy atom. The van der Waals surface area contributed by atoms with Gasteiger partial charge >= 0.3 is 0 Å². The van der Waals surface area contributed by atoms with Crippen LogP contribution in [-0.2, 0) is 6.54 Å². The Hall–Kier alpha value is -3.54. The van der Waals surface area contributed by atoms with Crippen molar-refractivity contribution in [2.45, 2.75) is 6.54 Å². The van der Waals surface area contributed by atoms with Gasteiger partial charge < -0.3 is 14.8 Å². The first-order valence-electron chi connectivity index (χ1n) is 7.99. The molecule has 5 aromatic rings. The summed E-state index contributed by atoms with van der Waals surface area (Å²) >= 11 is 0. The number of benzene rings is 2. The molecule has 0 radical (unpaired) electrons. The third kappa shape index (κ3) is 2.11. The molecule has 1 amide bonds.